The quantitative estimate of drug-likeness (QED) is 0.655. The molecule has 1 saturated carbocycles. The molecule has 2 fully saturated rings. The van der Waals surface area contributed by atoms with Crippen LogP contribution in [0.1, 0.15) is 38.5 Å². The molecule has 0 radical (unpaired) electrons. The fourth-order valence-corrected chi connectivity index (χ4v) is 2.68. The van der Waals surface area contributed by atoms with Crippen LogP contribution in [-0.2, 0) is 0 Å². The maximum absolute atomic E-state index is 8.62. The zero-order valence-electron chi connectivity index (χ0n) is 8.47. The highest BCUT2D eigenvalue weighted by atomic mass is 16.2. The van der Waals surface area contributed by atoms with E-state index in [1.165, 1.54) is 51.7 Å². The van der Waals surface area contributed by atoms with E-state index < -0.39 is 0 Å². The molecule has 1 saturated heterocycles. The van der Waals surface area contributed by atoms with Crippen molar-refractivity contribution in [3.8, 4) is 0 Å². The summed E-state index contributed by atoms with van der Waals surface area (Å²) < 4.78 is 0. The Hall–Kier alpha value is -0.0800. The molecule has 0 atom stereocenters. The molecule has 0 aromatic carbocycles. The molecule has 1 heterocycles. The van der Waals surface area contributed by atoms with Gasteiger partial charge >= 0.3 is 0 Å². The van der Waals surface area contributed by atoms with Crippen molar-refractivity contribution >= 4 is 0 Å². The summed E-state index contributed by atoms with van der Waals surface area (Å²) in [6.45, 7) is 4.37. The third-order valence-electron chi connectivity index (χ3n) is 3.66. The summed E-state index contributed by atoms with van der Waals surface area (Å²) in [5.74, 6) is 0. The van der Waals surface area contributed by atoms with Gasteiger partial charge in [0.25, 0.3) is 0 Å². The first kappa shape index (κ1) is 9.47. The fraction of sp³-hybridized carbons (Fsp3) is 1.00. The maximum Gasteiger partial charge on any atom is 0.0431 e. The Bertz CT molecular complexity index is 157. The Labute approximate surface area is 80.9 Å². The van der Waals surface area contributed by atoms with Gasteiger partial charge in [0.05, 0.1) is 0 Å². The minimum Gasteiger partial charge on any atom is -0.396 e. The average Bonchev–Trinajstić information content (AvgIpc) is 1.97. The van der Waals surface area contributed by atoms with Gasteiger partial charge in [-0.2, -0.15) is 0 Å². The molecule has 0 unspecified atom stereocenters. The molecule has 2 nitrogen and oxygen atoms in total. The maximum atomic E-state index is 8.62. The Morgan fingerprint density at radius 3 is 2.38 bits per heavy atom. The van der Waals surface area contributed by atoms with Gasteiger partial charge in [-0.05, 0) is 44.1 Å². The van der Waals surface area contributed by atoms with Crippen molar-refractivity contribution in [3.63, 3.8) is 0 Å². The van der Waals surface area contributed by atoms with Crippen molar-refractivity contribution in [1.29, 1.82) is 0 Å². The predicted molar refractivity (Wildman–Crippen MR) is 53.7 cm³/mol. The molecule has 1 aliphatic carbocycles. The number of hydrogen-bond acceptors (Lipinski definition) is 2. The molecule has 76 valence electrons. The van der Waals surface area contributed by atoms with Crippen LogP contribution >= 0.6 is 0 Å². The van der Waals surface area contributed by atoms with Crippen LogP contribution in [0.15, 0.2) is 0 Å². The normalized spacial score (nSPS) is 25.6. The largest absolute Gasteiger partial charge is 0.396 e. The van der Waals surface area contributed by atoms with Gasteiger partial charge in [0.1, 0.15) is 0 Å². The zero-order valence-corrected chi connectivity index (χ0v) is 8.47. The molecule has 1 N–H and O–H groups in total. The van der Waals surface area contributed by atoms with Crippen molar-refractivity contribution in [2.75, 3.05) is 26.2 Å². The van der Waals surface area contributed by atoms with E-state index in [0.29, 0.717) is 6.61 Å². The standard InChI is InChI=1S/C11H21NO/c13-8-3-1-2-7-12-9-11(10-12)5-4-6-11/h13H,1-10H2. The summed E-state index contributed by atoms with van der Waals surface area (Å²) in [7, 11) is 0. The number of hydrogen-bond donors (Lipinski definition) is 1. The van der Waals surface area contributed by atoms with E-state index >= 15 is 0 Å². The highest BCUT2D eigenvalue weighted by molar-refractivity contribution is 5.00. The van der Waals surface area contributed by atoms with Crippen LogP contribution in [0.4, 0.5) is 0 Å². The predicted octanol–water partition coefficient (Wildman–Crippen LogP) is 1.63. The second-order valence-corrected chi connectivity index (χ2v) is 4.85. The van der Waals surface area contributed by atoms with Gasteiger partial charge in [-0.15, -0.1) is 0 Å². The van der Waals surface area contributed by atoms with E-state index in [-0.39, 0.29) is 0 Å². The van der Waals surface area contributed by atoms with Crippen LogP contribution in [0, 0.1) is 5.41 Å². The monoisotopic (exact) mass is 183 g/mol. The third kappa shape index (κ3) is 2.05. The smallest absolute Gasteiger partial charge is 0.0431 e. The summed E-state index contributed by atoms with van der Waals surface area (Å²) in [6, 6.07) is 0. The van der Waals surface area contributed by atoms with Crippen molar-refractivity contribution in [3.05, 3.63) is 0 Å². The SMILES string of the molecule is OCCCCCN1CC2(CCC2)C1. The Balaban J connectivity index is 1.49. The van der Waals surface area contributed by atoms with Crippen LogP contribution in [0.3, 0.4) is 0 Å². The summed E-state index contributed by atoms with van der Waals surface area (Å²) in [4.78, 5) is 2.58. The van der Waals surface area contributed by atoms with Gasteiger partial charge in [0.2, 0.25) is 0 Å². The summed E-state index contributed by atoms with van der Waals surface area (Å²) in [6.07, 6.45) is 7.90. The van der Waals surface area contributed by atoms with E-state index in [9.17, 15) is 0 Å². The molecule has 1 aliphatic heterocycles. The molecule has 13 heavy (non-hydrogen) atoms. The highest BCUT2D eigenvalue weighted by Crippen LogP contribution is 2.47. The number of aliphatic hydroxyl groups excluding tert-OH is 1. The van der Waals surface area contributed by atoms with E-state index in [1.807, 2.05) is 0 Å². The lowest BCUT2D eigenvalue weighted by molar-refractivity contribution is -0.0600. The van der Waals surface area contributed by atoms with Gasteiger partial charge in [-0.1, -0.05) is 6.42 Å². The molecular weight excluding hydrogens is 162 g/mol. The lowest BCUT2D eigenvalue weighted by Gasteiger charge is -2.56. The molecule has 2 heteroatoms. The molecule has 0 aromatic heterocycles. The number of rotatable bonds is 5. The third-order valence-corrected chi connectivity index (χ3v) is 3.66. The number of nitrogens with zero attached hydrogens (tertiary/aromatic N) is 1. The highest BCUT2D eigenvalue weighted by Gasteiger charge is 2.46. The topological polar surface area (TPSA) is 23.5 Å². The van der Waals surface area contributed by atoms with Crippen LogP contribution in [0.5, 0.6) is 0 Å². The molecular formula is C11H21NO. The molecule has 2 aliphatic rings. The molecule has 0 aromatic rings. The second kappa shape index (κ2) is 3.97. The molecule has 2 rings (SSSR count). The molecule has 0 amide bonds. The molecule has 1 spiro atoms. The number of unbranched alkanes of at least 4 members (excludes halogenated alkanes) is 2. The summed E-state index contributed by atoms with van der Waals surface area (Å²) in [5.41, 5.74) is 0.789. The van der Waals surface area contributed by atoms with Gasteiger partial charge in [-0.25, -0.2) is 0 Å². The van der Waals surface area contributed by atoms with Crippen LogP contribution in [0.2, 0.25) is 0 Å². The Morgan fingerprint density at radius 1 is 1.08 bits per heavy atom. The first-order chi connectivity index (χ1) is 6.35. The van der Waals surface area contributed by atoms with E-state index in [2.05, 4.69) is 4.90 Å². The van der Waals surface area contributed by atoms with Crippen molar-refractivity contribution in [2.24, 2.45) is 5.41 Å². The zero-order chi connectivity index (χ0) is 9.15. The van der Waals surface area contributed by atoms with E-state index in [1.54, 1.807) is 0 Å². The first-order valence-corrected chi connectivity index (χ1v) is 5.68. The lowest BCUT2D eigenvalue weighted by atomic mass is 9.63. The summed E-state index contributed by atoms with van der Waals surface area (Å²) in [5, 5.41) is 8.62. The van der Waals surface area contributed by atoms with E-state index in [4.69, 9.17) is 5.11 Å². The molecule has 0 bridgehead atoms. The number of aliphatic hydroxyl groups is 1. The van der Waals surface area contributed by atoms with Crippen molar-refractivity contribution < 1.29 is 5.11 Å². The minimum atomic E-state index is 0.365. The number of likely N-dealkylation sites (tertiary alicyclic amines) is 1. The van der Waals surface area contributed by atoms with Crippen molar-refractivity contribution in [1.82, 2.24) is 4.90 Å². The Morgan fingerprint density at radius 2 is 1.85 bits per heavy atom. The average molecular weight is 183 g/mol. The fourth-order valence-electron chi connectivity index (χ4n) is 2.68. The van der Waals surface area contributed by atoms with E-state index in [0.717, 1.165) is 11.8 Å². The first-order valence-electron chi connectivity index (χ1n) is 5.68. The van der Waals surface area contributed by atoms with Crippen molar-refractivity contribution in [2.45, 2.75) is 38.5 Å². The van der Waals surface area contributed by atoms with Gasteiger partial charge in [0.15, 0.2) is 0 Å². The minimum absolute atomic E-state index is 0.365. The second-order valence-electron chi connectivity index (χ2n) is 4.85. The van der Waals surface area contributed by atoms with Crippen LogP contribution in [-0.4, -0.2) is 36.2 Å². The van der Waals surface area contributed by atoms with Crippen LogP contribution < -0.4 is 0 Å². The Kier molecular flexibility index (Phi) is 2.89. The van der Waals surface area contributed by atoms with Crippen LogP contribution in [0.25, 0.3) is 0 Å². The van der Waals surface area contributed by atoms with Gasteiger partial charge in [0, 0.05) is 19.7 Å². The van der Waals surface area contributed by atoms with Gasteiger partial charge in [-0.3, -0.25) is 0 Å². The summed E-state index contributed by atoms with van der Waals surface area (Å²) >= 11 is 0. The lowest BCUT2D eigenvalue weighted by Crippen LogP contribution is -2.59. The van der Waals surface area contributed by atoms with Gasteiger partial charge < -0.3 is 10.0 Å².